The Morgan fingerprint density at radius 3 is 2.68 bits per heavy atom. The average molecular weight is 340 g/mol. The molecule has 0 bridgehead atoms. The maximum atomic E-state index is 6.20. The lowest BCUT2D eigenvalue weighted by Gasteiger charge is -2.34. The summed E-state index contributed by atoms with van der Waals surface area (Å²) in [6, 6.07) is 6.55. The molecule has 6 heteroatoms. The molecule has 0 amide bonds. The molecule has 3 rings (SSSR count). The molecule has 4 nitrogen and oxygen atoms in total. The lowest BCUT2D eigenvalue weighted by molar-refractivity contribution is 0.229. The highest BCUT2D eigenvalue weighted by Gasteiger charge is 2.38. The van der Waals surface area contributed by atoms with Gasteiger partial charge in [-0.25, -0.2) is 0 Å². The molecule has 1 aromatic carbocycles. The van der Waals surface area contributed by atoms with Crippen LogP contribution in [0.1, 0.15) is 42.1 Å². The van der Waals surface area contributed by atoms with Gasteiger partial charge in [0.15, 0.2) is 5.82 Å². The van der Waals surface area contributed by atoms with Crippen LogP contribution in [0, 0.1) is 13.8 Å². The number of nitrogens with two attached hydrogens (primary N) is 1. The van der Waals surface area contributed by atoms with Gasteiger partial charge < -0.3 is 10.3 Å². The molecule has 1 aromatic heterocycles. The largest absolute Gasteiger partial charge is 0.339 e. The van der Waals surface area contributed by atoms with Gasteiger partial charge in [-0.2, -0.15) is 4.98 Å². The van der Waals surface area contributed by atoms with Crippen molar-refractivity contribution in [2.24, 2.45) is 5.73 Å². The molecule has 1 aliphatic rings. The standard InChI is InChI=1S/C16H21N3OS.ClH/c1-11-4-5-13(10-12(11)2)21-9-6-14-18-15(19-20-14)16(17)7-3-8-16;/h4-5,10H,3,6-9,17H2,1-2H3;1H. The van der Waals surface area contributed by atoms with Crippen LogP contribution < -0.4 is 5.73 Å². The molecule has 1 heterocycles. The van der Waals surface area contributed by atoms with Crippen LogP contribution in [0.3, 0.4) is 0 Å². The SMILES string of the molecule is Cc1ccc(SCCc2nc(C3(N)CCC3)no2)cc1C.Cl. The second-order valence-corrected chi connectivity index (χ2v) is 7.03. The van der Waals surface area contributed by atoms with Crippen molar-refractivity contribution in [1.82, 2.24) is 10.1 Å². The van der Waals surface area contributed by atoms with Gasteiger partial charge >= 0.3 is 0 Å². The van der Waals surface area contributed by atoms with Crippen molar-refractivity contribution >= 4 is 24.2 Å². The van der Waals surface area contributed by atoms with Crippen LogP contribution in [-0.2, 0) is 12.0 Å². The topological polar surface area (TPSA) is 64.9 Å². The van der Waals surface area contributed by atoms with E-state index < -0.39 is 0 Å². The maximum absolute atomic E-state index is 6.20. The lowest BCUT2D eigenvalue weighted by atomic mass is 9.77. The number of nitrogens with zero attached hydrogens (tertiary/aromatic N) is 2. The van der Waals surface area contributed by atoms with Crippen molar-refractivity contribution in [3.63, 3.8) is 0 Å². The summed E-state index contributed by atoms with van der Waals surface area (Å²) >= 11 is 1.82. The normalized spacial score (nSPS) is 16.0. The van der Waals surface area contributed by atoms with Gasteiger partial charge in [0.1, 0.15) is 0 Å². The Hall–Kier alpha value is -1.04. The summed E-state index contributed by atoms with van der Waals surface area (Å²) in [7, 11) is 0. The van der Waals surface area contributed by atoms with Gasteiger partial charge in [0, 0.05) is 17.1 Å². The predicted octanol–water partition coefficient (Wildman–Crippen LogP) is 3.78. The number of aromatic nitrogens is 2. The molecule has 1 saturated carbocycles. The Kier molecular flexibility index (Phi) is 5.53. The summed E-state index contributed by atoms with van der Waals surface area (Å²) in [6.45, 7) is 4.27. The molecule has 0 unspecified atom stereocenters. The maximum Gasteiger partial charge on any atom is 0.227 e. The van der Waals surface area contributed by atoms with Crippen LogP contribution in [0.4, 0.5) is 0 Å². The van der Waals surface area contributed by atoms with Crippen molar-refractivity contribution in [2.45, 2.75) is 50.0 Å². The number of benzene rings is 1. The highest BCUT2D eigenvalue weighted by atomic mass is 35.5. The summed E-state index contributed by atoms with van der Waals surface area (Å²) in [5.74, 6) is 2.31. The van der Waals surface area contributed by atoms with E-state index in [-0.39, 0.29) is 17.9 Å². The summed E-state index contributed by atoms with van der Waals surface area (Å²) in [4.78, 5) is 5.74. The fourth-order valence-electron chi connectivity index (χ4n) is 2.40. The number of hydrogen-bond acceptors (Lipinski definition) is 5. The Labute approximate surface area is 141 Å². The van der Waals surface area contributed by atoms with E-state index in [0.717, 1.165) is 31.4 Å². The Morgan fingerprint density at radius 1 is 1.27 bits per heavy atom. The molecule has 22 heavy (non-hydrogen) atoms. The molecule has 0 aliphatic heterocycles. The van der Waals surface area contributed by atoms with Crippen LogP contribution in [0.2, 0.25) is 0 Å². The van der Waals surface area contributed by atoms with Gasteiger partial charge in [-0.15, -0.1) is 24.2 Å². The molecule has 2 N–H and O–H groups in total. The summed E-state index contributed by atoms with van der Waals surface area (Å²) in [5.41, 5.74) is 8.52. The summed E-state index contributed by atoms with van der Waals surface area (Å²) in [6.07, 6.45) is 3.86. The molecule has 0 radical (unpaired) electrons. The number of aryl methyl sites for hydroxylation is 3. The smallest absolute Gasteiger partial charge is 0.227 e. The van der Waals surface area contributed by atoms with Crippen LogP contribution in [-0.4, -0.2) is 15.9 Å². The van der Waals surface area contributed by atoms with Gasteiger partial charge in [0.25, 0.3) is 0 Å². The number of hydrogen-bond donors (Lipinski definition) is 1. The first-order valence-electron chi connectivity index (χ1n) is 7.39. The zero-order chi connectivity index (χ0) is 14.9. The second-order valence-electron chi connectivity index (χ2n) is 5.87. The van der Waals surface area contributed by atoms with Gasteiger partial charge in [-0.1, -0.05) is 11.2 Å². The van der Waals surface area contributed by atoms with E-state index in [2.05, 4.69) is 42.2 Å². The molecule has 1 fully saturated rings. The number of halogens is 1. The third-order valence-corrected chi connectivity index (χ3v) is 5.22. The zero-order valence-corrected chi connectivity index (χ0v) is 14.6. The molecular weight excluding hydrogens is 318 g/mol. The lowest BCUT2D eigenvalue weighted by Crippen LogP contribution is -2.44. The number of rotatable bonds is 5. The van der Waals surface area contributed by atoms with Crippen molar-refractivity contribution in [3.8, 4) is 0 Å². The monoisotopic (exact) mass is 339 g/mol. The second kappa shape index (κ2) is 7.02. The minimum atomic E-state index is -0.330. The fourth-order valence-corrected chi connectivity index (χ4v) is 3.34. The first kappa shape index (κ1) is 17.3. The fraction of sp³-hybridized carbons (Fsp3) is 0.500. The molecule has 120 valence electrons. The Morgan fingerprint density at radius 2 is 2.05 bits per heavy atom. The molecule has 0 spiro atoms. The van der Waals surface area contributed by atoms with E-state index >= 15 is 0 Å². The third kappa shape index (κ3) is 3.65. The molecule has 0 saturated heterocycles. The van der Waals surface area contributed by atoms with E-state index in [1.54, 1.807) is 0 Å². The van der Waals surface area contributed by atoms with Crippen LogP contribution in [0.25, 0.3) is 0 Å². The molecule has 2 aromatic rings. The van der Waals surface area contributed by atoms with E-state index in [4.69, 9.17) is 10.3 Å². The first-order valence-corrected chi connectivity index (χ1v) is 8.37. The summed E-state index contributed by atoms with van der Waals surface area (Å²) < 4.78 is 5.31. The van der Waals surface area contributed by atoms with Crippen molar-refractivity contribution < 1.29 is 4.52 Å². The summed E-state index contributed by atoms with van der Waals surface area (Å²) in [5, 5.41) is 4.04. The quantitative estimate of drug-likeness (QED) is 0.840. The van der Waals surface area contributed by atoms with Crippen LogP contribution in [0.5, 0.6) is 0 Å². The van der Waals surface area contributed by atoms with E-state index in [0.29, 0.717) is 11.7 Å². The Bertz CT molecular complexity index is 640. The molecule has 1 aliphatic carbocycles. The first-order chi connectivity index (χ1) is 10.1. The number of thioether (sulfide) groups is 1. The van der Waals surface area contributed by atoms with Crippen molar-refractivity contribution in [3.05, 3.63) is 41.0 Å². The molecule has 0 atom stereocenters. The van der Waals surface area contributed by atoms with Gasteiger partial charge in [0.05, 0.1) is 5.54 Å². The third-order valence-electron chi connectivity index (χ3n) is 4.22. The average Bonchev–Trinajstić information content (AvgIpc) is 2.89. The highest BCUT2D eigenvalue weighted by Crippen LogP contribution is 2.36. The Balaban J connectivity index is 0.00000176. The zero-order valence-electron chi connectivity index (χ0n) is 13.0. The van der Waals surface area contributed by atoms with Crippen LogP contribution in [0.15, 0.2) is 27.6 Å². The van der Waals surface area contributed by atoms with Gasteiger partial charge in [-0.3, -0.25) is 0 Å². The van der Waals surface area contributed by atoms with E-state index in [1.165, 1.54) is 16.0 Å². The van der Waals surface area contributed by atoms with Crippen molar-refractivity contribution in [2.75, 3.05) is 5.75 Å². The highest BCUT2D eigenvalue weighted by molar-refractivity contribution is 7.99. The van der Waals surface area contributed by atoms with E-state index in [1.807, 2.05) is 11.8 Å². The minimum Gasteiger partial charge on any atom is -0.339 e. The molecular formula is C16H22ClN3OS. The predicted molar refractivity (Wildman–Crippen MR) is 91.6 cm³/mol. The van der Waals surface area contributed by atoms with Crippen LogP contribution >= 0.6 is 24.2 Å². The van der Waals surface area contributed by atoms with Gasteiger partial charge in [0.2, 0.25) is 5.89 Å². The van der Waals surface area contributed by atoms with Crippen molar-refractivity contribution in [1.29, 1.82) is 0 Å². The minimum absolute atomic E-state index is 0. The van der Waals surface area contributed by atoms with Gasteiger partial charge in [-0.05, 0) is 56.4 Å². The van der Waals surface area contributed by atoms with E-state index in [9.17, 15) is 0 Å².